The van der Waals surface area contributed by atoms with Crippen molar-refractivity contribution >= 4 is 101 Å². The number of aliphatic imine (C=N–C) groups is 1. The maximum atomic E-state index is 14.1. The molecular weight excluding hydrogens is 1260 g/mol. The Hall–Kier alpha value is -9.33. The molecule has 95 heavy (non-hydrogen) atoms. The van der Waals surface area contributed by atoms with Gasteiger partial charge in [-0.1, -0.05) is 55.4 Å². The smallest absolute Gasteiger partial charge is 0.326 e. The molecule has 0 bridgehead atoms. The number of rotatable bonds is 48. The van der Waals surface area contributed by atoms with E-state index in [1.165, 1.54) is 0 Å². The maximum absolute atomic E-state index is 14.1. The third kappa shape index (κ3) is 36.1. The molecule has 0 aliphatic carbocycles. The summed E-state index contributed by atoms with van der Waals surface area (Å²) >= 11 is 0. The first-order valence-electron chi connectivity index (χ1n) is 30.8. The molecule has 0 heterocycles. The first-order valence-corrected chi connectivity index (χ1v) is 30.8. The molecule has 26 N–H and O–H groups in total. The minimum Gasteiger partial charge on any atom is -0.481 e. The molecule has 0 spiro atoms. The van der Waals surface area contributed by atoms with Gasteiger partial charge in [-0.2, -0.15) is 0 Å². The first kappa shape index (κ1) is 85.7. The van der Waals surface area contributed by atoms with E-state index in [1.54, 1.807) is 55.4 Å². The van der Waals surface area contributed by atoms with E-state index < -0.39 is 212 Å². The third-order valence-electron chi connectivity index (χ3n) is 13.8. The van der Waals surface area contributed by atoms with Crippen LogP contribution in [0.1, 0.15) is 139 Å². The molecule has 12 amide bonds. The van der Waals surface area contributed by atoms with Crippen LogP contribution in [0.4, 0.5) is 0 Å². The van der Waals surface area contributed by atoms with E-state index in [-0.39, 0.29) is 75.3 Å². The first-order chi connectivity index (χ1) is 44.2. The van der Waals surface area contributed by atoms with Gasteiger partial charge in [-0.25, -0.2) is 4.79 Å². The van der Waals surface area contributed by atoms with Crippen molar-refractivity contribution in [3.05, 3.63) is 0 Å². The van der Waals surface area contributed by atoms with Crippen LogP contribution >= 0.6 is 0 Å². The van der Waals surface area contributed by atoms with Gasteiger partial charge in [-0.3, -0.25) is 76.9 Å². The van der Waals surface area contributed by atoms with Crippen molar-refractivity contribution < 1.29 is 102 Å². The van der Waals surface area contributed by atoms with Crippen molar-refractivity contribution in [1.82, 2.24) is 58.5 Å². The van der Waals surface area contributed by atoms with Crippen molar-refractivity contribution in [1.29, 1.82) is 0 Å². The Morgan fingerprint density at radius 2 is 0.758 bits per heavy atom. The van der Waals surface area contributed by atoms with E-state index in [0.29, 0.717) is 12.8 Å². The van der Waals surface area contributed by atoms with E-state index in [9.17, 15) is 97.1 Å². The van der Waals surface area contributed by atoms with Crippen LogP contribution in [-0.2, 0) is 76.7 Å². The summed E-state index contributed by atoms with van der Waals surface area (Å²) in [6, 6.07) is -17.9. The molecule has 0 aliphatic rings. The molecule has 0 radical (unpaired) electrons. The Labute approximate surface area is 548 Å². The molecule has 11 atom stereocenters. The molecule has 0 unspecified atom stereocenters. The number of aliphatic hydroxyl groups is 1. The molecule has 0 aromatic heterocycles. The Morgan fingerprint density at radius 1 is 0.400 bits per heavy atom. The van der Waals surface area contributed by atoms with Crippen LogP contribution in [0.2, 0.25) is 0 Å². The molecular formula is C57H99N17O21. The molecule has 0 saturated carbocycles. The second-order valence-electron chi connectivity index (χ2n) is 24.1. The van der Waals surface area contributed by atoms with Gasteiger partial charge in [0.25, 0.3) is 0 Å². The normalized spacial score (nSPS) is 14.6. The Balaban J connectivity index is 6.80. The number of carboxylic acid groups (broad SMARTS) is 4. The number of nitrogens with two attached hydrogens (primary N) is 5. The number of nitrogens with one attached hydrogen (secondary N) is 11. The quantitative estimate of drug-likeness (QED) is 0.0153. The van der Waals surface area contributed by atoms with Crippen LogP contribution in [0.15, 0.2) is 4.99 Å². The summed E-state index contributed by atoms with van der Waals surface area (Å²) < 4.78 is 0. The largest absolute Gasteiger partial charge is 0.481 e. The van der Waals surface area contributed by atoms with Crippen LogP contribution in [-0.4, -0.2) is 219 Å². The lowest BCUT2D eigenvalue weighted by atomic mass is 10.00. The number of carbonyl (C=O) groups is 16. The standard InChI is InChI=1S/C57H99N17O21/c1-26(2)18-33(68-48(86)31(12-9-10-16-58)67-55(93)45(60)29(7)8)50(88)71-36(21-40(59)76)53(91)72-37(22-43(80)81)46(84)64-24-41(77)65-30(13-11-17-63-57(61)62)47(85)66-32(14-15-42(78)79)49(87)69-35(20-28(5)6)52(90)74-39(25-75)54(92)70-34(19-27(3)4)51(89)73-38(56(94)95)23-44(82)83/h26-39,45,75H,9-25,58,60H2,1-8H3,(H2,59,76)(H,64,84)(H,65,77)(H,66,85)(H,67,93)(H,68,86)(H,69,87)(H,70,92)(H,71,88)(H,72,91)(H,73,89)(H,74,90)(H,78,79)(H,80,81)(H,82,83)(H,94,95)(H4,61,62,63)/t30-,31-,32-,33-,34-,35-,36-,37-,38-,39-,45-/m0/s1. The van der Waals surface area contributed by atoms with E-state index in [2.05, 4.69) is 58.2 Å². The second-order valence-corrected chi connectivity index (χ2v) is 24.1. The molecule has 538 valence electrons. The molecule has 0 aliphatic heterocycles. The van der Waals surface area contributed by atoms with Gasteiger partial charge in [-0.05, 0) is 88.0 Å². The zero-order valence-corrected chi connectivity index (χ0v) is 54.8. The number of primary amides is 1. The number of guanidine groups is 1. The van der Waals surface area contributed by atoms with Crippen LogP contribution in [0.5, 0.6) is 0 Å². The third-order valence-corrected chi connectivity index (χ3v) is 13.8. The van der Waals surface area contributed by atoms with Crippen molar-refractivity contribution in [3.63, 3.8) is 0 Å². The van der Waals surface area contributed by atoms with E-state index in [1.807, 2.05) is 5.32 Å². The predicted molar refractivity (Wildman–Crippen MR) is 336 cm³/mol. The lowest BCUT2D eigenvalue weighted by molar-refractivity contribution is -0.147. The van der Waals surface area contributed by atoms with Crippen LogP contribution in [0, 0.1) is 23.7 Å². The predicted octanol–water partition coefficient (Wildman–Crippen LogP) is -6.98. The number of hydrogen-bond donors (Lipinski definition) is 21. The number of aliphatic hydroxyl groups excluding tert-OH is 1. The lowest BCUT2D eigenvalue weighted by Crippen LogP contribution is -2.60. The van der Waals surface area contributed by atoms with Gasteiger partial charge in [0, 0.05) is 13.0 Å². The average Bonchev–Trinajstić information content (AvgIpc) is 0.938. The number of aliphatic carboxylic acids is 4. The fraction of sp³-hybridized carbons (Fsp3) is 0.702. The highest BCUT2D eigenvalue weighted by atomic mass is 16.4. The van der Waals surface area contributed by atoms with Crippen LogP contribution in [0.3, 0.4) is 0 Å². The Bertz CT molecular complexity index is 2690. The van der Waals surface area contributed by atoms with Gasteiger partial charge in [-0.15, -0.1) is 0 Å². The van der Waals surface area contributed by atoms with Gasteiger partial charge in [0.2, 0.25) is 70.9 Å². The Morgan fingerprint density at radius 3 is 1.16 bits per heavy atom. The maximum Gasteiger partial charge on any atom is 0.326 e. The number of amides is 12. The van der Waals surface area contributed by atoms with Crippen molar-refractivity contribution in [2.45, 2.75) is 205 Å². The highest BCUT2D eigenvalue weighted by Gasteiger charge is 2.37. The molecule has 38 nitrogen and oxygen atoms in total. The van der Waals surface area contributed by atoms with Crippen molar-refractivity contribution in [3.8, 4) is 0 Å². The topological polar surface area (TPSA) is 649 Å². The van der Waals surface area contributed by atoms with Crippen molar-refractivity contribution in [2.75, 3.05) is 26.2 Å². The number of carbonyl (C=O) groups excluding carboxylic acids is 12. The van der Waals surface area contributed by atoms with Gasteiger partial charge in [0.15, 0.2) is 5.96 Å². The van der Waals surface area contributed by atoms with Crippen molar-refractivity contribution in [2.24, 2.45) is 57.3 Å². The molecule has 0 fully saturated rings. The SMILES string of the molecule is CC(C)C[C@H](NC(=O)[C@H](CO)NC(=O)[C@H](CC(C)C)NC(=O)[C@H](CCC(=O)O)NC(=O)[C@H](CCCN=C(N)N)NC(=O)CNC(=O)[C@H](CC(=O)O)NC(=O)[C@H](CC(N)=O)NC(=O)[C@H](CC(C)C)NC(=O)[C@H](CCCCN)NC(=O)[C@@H](N)C(C)C)C(=O)N[C@@H](CC(=O)O)C(=O)O. The average molecular weight is 1360 g/mol. The molecule has 0 rings (SSSR count). The van der Waals surface area contributed by atoms with E-state index >= 15 is 0 Å². The minimum absolute atomic E-state index is 0.0591. The number of nitrogens with zero attached hydrogens (tertiary/aromatic N) is 1. The van der Waals surface area contributed by atoms with Gasteiger partial charge < -0.3 is 113 Å². The fourth-order valence-corrected chi connectivity index (χ4v) is 8.83. The van der Waals surface area contributed by atoms with Gasteiger partial charge in [0.05, 0.1) is 38.5 Å². The molecule has 0 saturated heterocycles. The number of hydrogen-bond acceptors (Lipinski definition) is 20. The molecule has 0 aromatic carbocycles. The summed E-state index contributed by atoms with van der Waals surface area (Å²) in [5.74, 6) is -21.3. The second kappa shape index (κ2) is 44.3. The van der Waals surface area contributed by atoms with E-state index in [4.69, 9.17) is 33.8 Å². The molecule has 38 heteroatoms. The summed E-state index contributed by atoms with van der Waals surface area (Å²) in [6.07, 6.45) is -4.35. The highest BCUT2D eigenvalue weighted by molar-refractivity contribution is 6.00. The van der Waals surface area contributed by atoms with Crippen LogP contribution < -0.4 is 87.2 Å². The summed E-state index contributed by atoms with van der Waals surface area (Å²) in [5, 5.41) is 73.5. The summed E-state index contributed by atoms with van der Waals surface area (Å²) in [7, 11) is 0. The van der Waals surface area contributed by atoms with Gasteiger partial charge in [0.1, 0.15) is 60.4 Å². The Kier molecular flexibility index (Phi) is 40.0. The zero-order chi connectivity index (χ0) is 73.0. The van der Waals surface area contributed by atoms with Crippen LogP contribution in [0.25, 0.3) is 0 Å². The fourth-order valence-electron chi connectivity index (χ4n) is 8.83. The number of carboxylic acids is 4. The summed E-state index contributed by atoms with van der Waals surface area (Å²) in [6.45, 7) is 11.3. The highest BCUT2D eigenvalue weighted by Crippen LogP contribution is 2.13. The molecule has 0 aromatic rings. The summed E-state index contributed by atoms with van der Waals surface area (Å²) in [4.78, 5) is 213. The van der Waals surface area contributed by atoms with Gasteiger partial charge >= 0.3 is 23.9 Å². The van der Waals surface area contributed by atoms with E-state index in [0.717, 1.165) is 0 Å². The lowest BCUT2D eigenvalue weighted by Gasteiger charge is -2.28. The number of unbranched alkanes of at least 4 members (excludes halogenated alkanes) is 1. The summed E-state index contributed by atoms with van der Waals surface area (Å²) in [5.41, 5.74) is 27.9. The monoisotopic (exact) mass is 1360 g/mol. The minimum atomic E-state index is -2.05. The zero-order valence-electron chi connectivity index (χ0n) is 54.8.